The number of amides is 1. The monoisotopic (exact) mass is 339 g/mol. The topological polar surface area (TPSA) is 56.2 Å². The highest BCUT2D eigenvalue weighted by Gasteiger charge is 2.25. The van der Waals surface area contributed by atoms with E-state index in [-0.39, 0.29) is 17.8 Å². The first-order valence-corrected chi connectivity index (χ1v) is 8.21. The molecule has 0 fully saturated rings. The molecule has 1 aliphatic rings. The molecule has 4 rings (SSSR count). The molecule has 3 aromatic rings. The lowest BCUT2D eigenvalue weighted by Gasteiger charge is -2.26. The summed E-state index contributed by atoms with van der Waals surface area (Å²) < 4.78 is 20.8. The smallest absolute Gasteiger partial charge is 0.251 e. The maximum absolute atomic E-state index is 13.0. The molecule has 0 aliphatic carbocycles. The Kier molecular flexibility index (Phi) is 3.97. The van der Waals surface area contributed by atoms with Gasteiger partial charge in [-0.05, 0) is 42.8 Å². The number of aryl methyl sites for hydroxylation is 1. The summed E-state index contributed by atoms with van der Waals surface area (Å²) in [6.07, 6.45) is 0. The Hall–Kier alpha value is -2.73. The van der Waals surface area contributed by atoms with Crippen molar-refractivity contribution in [1.82, 2.24) is 14.9 Å². The number of nitrogens with zero attached hydrogens (tertiary/aromatic N) is 2. The average molecular weight is 339 g/mol. The standard InChI is InChI=1S/C19H18FN3O2/c1-12-3-2-4-16-18(12)22-17-11-25-10-15(23(16)17)9-21-19(24)13-5-7-14(20)8-6-13/h2-8,15H,9-11H2,1H3,(H,21,24)/t15-/m0/s1. The molecule has 1 N–H and O–H groups in total. The first-order chi connectivity index (χ1) is 12.1. The number of imidazole rings is 1. The van der Waals surface area contributed by atoms with Crippen LogP contribution in [0.1, 0.15) is 27.8 Å². The fourth-order valence-corrected chi connectivity index (χ4v) is 3.24. The molecular weight excluding hydrogens is 321 g/mol. The average Bonchev–Trinajstić information content (AvgIpc) is 3.01. The van der Waals surface area contributed by atoms with Gasteiger partial charge < -0.3 is 14.6 Å². The number of fused-ring (bicyclic) bond motifs is 3. The summed E-state index contributed by atoms with van der Waals surface area (Å²) in [5.74, 6) is 0.284. The van der Waals surface area contributed by atoms with Crippen molar-refractivity contribution in [2.45, 2.75) is 19.6 Å². The molecule has 6 heteroatoms. The molecule has 0 saturated heterocycles. The van der Waals surface area contributed by atoms with Crippen molar-refractivity contribution < 1.29 is 13.9 Å². The maximum Gasteiger partial charge on any atom is 0.251 e. The molecule has 0 saturated carbocycles. The fraction of sp³-hybridized carbons (Fsp3) is 0.263. The van der Waals surface area contributed by atoms with Gasteiger partial charge in [0.1, 0.15) is 18.2 Å². The van der Waals surface area contributed by atoms with Gasteiger partial charge in [-0.15, -0.1) is 0 Å². The predicted molar refractivity (Wildman–Crippen MR) is 91.9 cm³/mol. The zero-order valence-corrected chi connectivity index (χ0v) is 13.8. The predicted octanol–water partition coefficient (Wildman–Crippen LogP) is 2.99. The van der Waals surface area contributed by atoms with E-state index in [0.29, 0.717) is 25.3 Å². The molecule has 1 aromatic heterocycles. The number of rotatable bonds is 3. The second-order valence-electron chi connectivity index (χ2n) is 6.23. The first kappa shape index (κ1) is 15.8. The molecule has 1 atom stereocenters. The number of halogens is 1. The molecular formula is C19H18FN3O2. The lowest BCUT2D eigenvalue weighted by atomic mass is 10.2. The van der Waals surface area contributed by atoms with E-state index in [9.17, 15) is 9.18 Å². The van der Waals surface area contributed by atoms with Gasteiger partial charge in [0.15, 0.2) is 0 Å². The van der Waals surface area contributed by atoms with Gasteiger partial charge in [-0.25, -0.2) is 9.37 Å². The molecule has 2 aromatic carbocycles. The highest BCUT2D eigenvalue weighted by Crippen LogP contribution is 2.27. The Morgan fingerprint density at radius 3 is 2.92 bits per heavy atom. The zero-order chi connectivity index (χ0) is 17.4. The number of hydrogen-bond donors (Lipinski definition) is 1. The van der Waals surface area contributed by atoms with E-state index in [0.717, 1.165) is 22.4 Å². The van der Waals surface area contributed by atoms with Gasteiger partial charge in [0.2, 0.25) is 0 Å². The van der Waals surface area contributed by atoms with Crippen LogP contribution in [0.2, 0.25) is 0 Å². The van der Waals surface area contributed by atoms with E-state index in [2.05, 4.69) is 14.9 Å². The Labute approximate surface area is 144 Å². The van der Waals surface area contributed by atoms with Crippen LogP contribution in [-0.4, -0.2) is 28.6 Å². The molecule has 2 heterocycles. The normalized spacial score (nSPS) is 16.6. The van der Waals surface area contributed by atoms with Gasteiger partial charge >= 0.3 is 0 Å². The largest absolute Gasteiger partial charge is 0.371 e. The number of carbonyl (C=O) groups is 1. The van der Waals surface area contributed by atoms with Crippen molar-refractivity contribution >= 4 is 16.9 Å². The van der Waals surface area contributed by atoms with Crippen molar-refractivity contribution in [3.05, 3.63) is 65.2 Å². The highest BCUT2D eigenvalue weighted by atomic mass is 19.1. The van der Waals surface area contributed by atoms with Crippen LogP contribution in [0, 0.1) is 12.7 Å². The number of ether oxygens (including phenoxy) is 1. The molecule has 5 nitrogen and oxygen atoms in total. The van der Waals surface area contributed by atoms with Crippen LogP contribution in [0.15, 0.2) is 42.5 Å². The van der Waals surface area contributed by atoms with Crippen LogP contribution in [-0.2, 0) is 11.3 Å². The lowest BCUT2D eigenvalue weighted by molar-refractivity contribution is 0.0553. The molecule has 0 unspecified atom stereocenters. The van der Waals surface area contributed by atoms with Crippen LogP contribution in [0.4, 0.5) is 4.39 Å². The van der Waals surface area contributed by atoms with E-state index in [1.165, 1.54) is 24.3 Å². The van der Waals surface area contributed by atoms with Crippen molar-refractivity contribution in [1.29, 1.82) is 0 Å². The summed E-state index contributed by atoms with van der Waals surface area (Å²) in [6, 6.07) is 11.6. The fourth-order valence-electron chi connectivity index (χ4n) is 3.24. The van der Waals surface area contributed by atoms with Crippen molar-refractivity contribution in [2.24, 2.45) is 0 Å². The van der Waals surface area contributed by atoms with E-state index < -0.39 is 0 Å². The quantitative estimate of drug-likeness (QED) is 0.798. The van der Waals surface area contributed by atoms with Gasteiger partial charge in [-0.1, -0.05) is 12.1 Å². The summed E-state index contributed by atoms with van der Waals surface area (Å²) in [7, 11) is 0. The number of aromatic nitrogens is 2. The third-order valence-electron chi connectivity index (χ3n) is 4.51. The van der Waals surface area contributed by atoms with Gasteiger partial charge in [0.25, 0.3) is 5.91 Å². The number of hydrogen-bond acceptors (Lipinski definition) is 3. The van der Waals surface area contributed by atoms with Crippen molar-refractivity contribution in [3.8, 4) is 0 Å². The summed E-state index contributed by atoms with van der Waals surface area (Å²) in [6.45, 7) is 3.43. The van der Waals surface area contributed by atoms with E-state index in [4.69, 9.17) is 4.74 Å². The van der Waals surface area contributed by atoms with Gasteiger partial charge in [-0.2, -0.15) is 0 Å². The molecule has 1 amide bonds. The van der Waals surface area contributed by atoms with Crippen LogP contribution in [0.25, 0.3) is 11.0 Å². The molecule has 128 valence electrons. The maximum atomic E-state index is 13.0. The second kappa shape index (κ2) is 6.29. The Morgan fingerprint density at radius 2 is 2.12 bits per heavy atom. The summed E-state index contributed by atoms with van der Waals surface area (Å²) >= 11 is 0. The number of carbonyl (C=O) groups excluding carboxylic acids is 1. The number of nitrogens with one attached hydrogen (secondary N) is 1. The Morgan fingerprint density at radius 1 is 1.32 bits per heavy atom. The highest BCUT2D eigenvalue weighted by molar-refractivity contribution is 5.94. The molecule has 0 radical (unpaired) electrons. The molecule has 0 bridgehead atoms. The SMILES string of the molecule is Cc1cccc2c1nc1n2[C@@H](CNC(=O)c2ccc(F)cc2)COC1. The number of benzene rings is 2. The minimum absolute atomic E-state index is 0.0278. The molecule has 1 aliphatic heterocycles. The van der Waals surface area contributed by atoms with Crippen LogP contribution < -0.4 is 5.32 Å². The van der Waals surface area contributed by atoms with Crippen LogP contribution in [0.3, 0.4) is 0 Å². The Balaban J connectivity index is 1.57. The van der Waals surface area contributed by atoms with Crippen LogP contribution >= 0.6 is 0 Å². The minimum Gasteiger partial charge on any atom is -0.371 e. The van der Waals surface area contributed by atoms with Gasteiger partial charge in [-0.3, -0.25) is 4.79 Å². The summed E-state index contributed by atoms with van der Waals surface area (Å²) in [5.41, 5.74) is 3.58. The lowest BCUT2D eigenvalue weighted by Crippen LogP contribution is -2.35. The van der Waals surface area contributed by atoms with E-state index in [1.54, 1.807) is 0 Å². The zero-order valence-electron chi connectivity index (χ0n) is 13.8. The molecule has 0 spiro atoms. The van der Waals surface area contributed by atoms with Gasteiger partial charge in [0.05, 0.1) is 23.7 Å². The molecule has 25 heavy (non-hydrogen) atoms. The van der Waals surface area contributed by atoms with Crippen molar-refractivity contribution in [2.75, 3.05) is 13.2 Å². The van der Waals surface area contributed by atoms with E-state index >= 15 is 0 Å². The first-order valence-electron chi connectivity index (χ1n) is 8.21. The van der Waals surface area contributed by atoms with E-state index in [1.807, 2.05) is 25.1 Å². The van der Waals surface area contributed by atoms with Crippen LogP contribution in [0.5, 0.6) is 0 Å². The second-order valence-corrected chi connectivity index (χ2v) is 6.23. The minimum atomic E-state index is -0.359. The third-order valence-corrected chi connectivity index (χ3v) is 4.51. The van der Waals surface area contributed by atoms with Gasteiger partial charge in [0, 0.05) is 12.1 Å². The van der Waals surface area contributed by atoms with Crippen molar-refractivity contribution in [3.63, 3.8) is 0 Å². The Bertz CT molecular complexity index is 934. The number of para-hydroxylation sites is 1. The third kappa shape index (κ3) is 2.89. The summed E-state index contributed by atoms with van der Waals surface area (Å²) in [4.78, 5) is 16.9. The summed E-state index contributed by atoms with van der Waals surface area (Å²) in [5, 5.41) is 2.91.